The Labute approximate surface area is 108 Å². The van der Waals surface area contributed by atoms with Gasteiger partial charge < -0.3 is 15.0 Å². The van der Waals surface area contributed by atoms with Crippen LogP contribution >= 0.6 is 22.6 Å². The molecular formula is C10H16IN3O2. The Morgan fingerprint density at radius 1 is 1.56 bits per heavy atom. The predicted octanol–water partition coefficient (Wildman–Crippen LogP) is 1.60. The number of aromatic amines is 1. The highest BCUT2D eigenvalue weighted by Crippen LogP contribution is 2.08. The second kappa shape index (κ2) is 7.61. The van der Waals surface area contributed by atoms with Crippen molar-refractivity contribution in [1.29, 1.82) is 0 Å². The highest BCUT2D eigenvalue weighted by atomic mass is 127. The van der Waals surface area contributed by atoms with Crippen LogP contribution in [0.5, 0.6) is 0 Å². The van der Waals surface area contributed by atoms with Gasteiger partial charge in [0, 0.05) is 19.8 Å². The molecule has 0 spiro atoms. The Kier molecular flexibility index (Phi) is 6.39. The van der Waals surface area contributed by atoms with E-state index in [9.17, 15) is 4.79 Å². The number of anilines is 1. The normalized spacial score (nSPS) is 10.4. The molecule has 1 rings (SSSR count). The van der Waals surface area contributed by atoms with Gasteiger partial charge in [-0.3, -0.25) is 4.79 Å². The van der Waals surface area contributed by atoms with Gasteiger partial charge in [-0.25, -0.2) is 4.98 Å². The summed E-state index contributed by atoms with van der Waals surface area (Å²) in [6.07, 6.45) is 3.35. The van der Waals surface area contributed by atoms with Crippen molar-refractivity contribution >= 4 is 28.4 Å². The van der Waals surface area contributed by atoms with E-state index < -0.39 is 0 Å². The third kappa shape index (κ3) is 4.48. The number of nitrogens with one attached hydrogen (secondary N) is 2. The minimum atomic E-state index is -0.111. The number of hydrogen-bond donors (Lipinski definition) is 2. The van der Waals surface area contributed by atoms with Crippen LogP contribution in [0.25, 0.3) is 0 Å². The standard InChI is InChI=1S/C10H16IN3O2/c1-2-5-16-6-3-4-12-9-8(11)10(15)14-7-13-9/h7H,2-6H2,1H3,(H2,12,13,14,15). The Morgan fingerprint density at radius 3 is 3.12 bits per heavy atom. The number of aromatic nitrogens is 2. The maximum absolute atomic E-state index is 11.2. The van der Waals surface area contributed by atoms with Crippen LogP contribution in [0, 0.1) is 3.57 Å². The van der Waals surface area contributed by atoms with Gasteiger partial charge in [0.05, 0.1) is 6.33 Å². The highest BCUT2D eigenvalue weighted by molar-refractivity contribution is 14.1. The molecule has 0 unspecified atom stereocenters. The van der Waals surface area contributed by atoms with E-state index in [1.165, 1.54) is 6.33 Å². The van der Waals surface area contributed by atoms with Gasteiger partial charge in [0.15, 0.2) is 0 Å². The fourth-order valence-corrected chi connectivity index (χ4v) is 1.62. The van der Waals surface area contributed by atoms with E-state index >= 15 is 0 Å². The van der Waals surface area contributed by atoms with Crippen molar-refractivity contribution in [2.75, 3.05) is 25.1 Å². The molecule has 90 valence electrons. The molecule has 0 atom stereocenters. The first-order valence-electron chi connectivity index (χ1n) is 5.30. The minimum Gasteiger partial charge on any atom is -0.381 e. The summed E-state index contributed by atoms with van der Waals surface area (Å²) in [4.78, 5) is 17.8. The number of rotatable bonds is 7. The van der Waals surface area contributed by atoms with E-state index in [0.29, 0.717) is 9.39 Å². The first kappa shape index (κ1) is 13.4. The lowest BCUT2D eigenvalue weighted by molar-refractivity contribution is 0.134. The number of H-pyrrole nitrogens is 1. The van der Waals surface area contributed by atoms with E-state index in [4.69, 9.17) is 4.74 Å². The fraction of sp³-hybridized carbons (Fsp3) is 0.600. The van der Waals surface area contributed by atoms with Crippen LogP contribution in [0.1, 0.15) is 19.8 Å². The first-order chi connectivity index (χ1) is 7.75. The molecule has 6 heteroatoms. The molecule has 0 aliphatic heterocycles. The van der Waals surface area contributed by atoms with Crippen molar-refractivity contribution < 1.29 is 4.74 Å². The third-order valence-electron chi connectivity index (χ3n) is 1.90. The molecule has 0 saturated carbocycles. The Balaban J connectivity index is 2.27. The molecule has 0 saturated heterocycles. The van der Waals surface area contributed by atoms with Crippen molar-refractivity contribution in [3.05, 3.63) is 20.3 Å². The number of hydrogen-bond acceptors (Lipinski definition) is 4. The molecule has 0 aromatic carbocycles. The largest absolute Gasteiger partial charge is 0.381 e. The number of ether oxygens (including phenoxy) is 1. The SMILES string of the molecule is CCCOCCCNc1nc[nH]c(=O)c1I. The molecule has 1 aromatic rings. The fourth-order valence-electron chi connectivity index (χ4n) is 1.13. The maximum atomic E-state index is 11.2. The summed E-state index contributed by atoms with van der Waals surface area (Å²) in [6.45, 7) is 4.39. The van der Waals surface area contributed by atoms with Crippen LogP contribution in [0.3, 0.4) is 0 Å². The van der Waals surface area contributed by atoms with Gasteiger partial charge in [-0.05, 0) is 35.4 Å². The van der Waals surface area contributed by atoms with Crippen LogP contribution in [0.2, 0.25) is 0 Å². The first-order valence-corrected chi connectivity index (χ1v) is 6.38. The van der Waals surface area contributed by atoms with E-state index in [2.05, 4.69) is 22.2 Å². The van der Waals surface area contributed by atoms with Crippen LogP contribution in [0.15, 0.2) is 11.1 Å². The molecule has 0 fully saturated rings. The Morgan fingerprint density at radius 2 is 2.38 bits per heavy atom. The summed E-state index contributed by atoms with van der Waals surface area (Å²) in [5, 5.41) is 3.11. The lowest BCUT2D eigenvalue weighted by Crippen LogP contribution is -2.16. The molecule has 5 nitrogen and oxygen atoms in total. The van der Waals surface area contributed by atoms with E-state index in [1.807, 2.05) is 22.6 Å². The molecule has 0 amide bonds. The van der Waals surface area contributed by atoms with Gasteiger partial charge in [-0.1, -0.05) is 6.92 Å². The van der Waals surface area contributed by atoms with E-state index in [-0.39, 0.29) is 5.56 Å². The highest BCUT2D eigenvalue weighted by Gasteiger charge is 2.03. The summed E-state index contributed by atoms with van der Waals surface area (Å²) < 4.78 is 5.94. The maximum Gasteiger partial charge on any atom is 0.266 e. The number of halogens is 1. The van der Waals surface area contributed by atoms with Gasteiger partial charge in [-0.2, -0.15) is 0 Å². The van der Waals surface area contributed by atoms with Crippen molar-refractivity contribution in [3.8, 4) is 0 Å². The Bertz CT molecular complexity index is 367. The summed E-state index contributed by atoms with van der Waals surface area (Å²) in [6, 6.07) is 0. The average Bonchev–Trinajstić information content (AvgIpc) is 2.29. The predicted molar refractivity (Wildman–Crippen MR) is 71.8 cm³/mol. The molecule has 0 bridgehead atoms. The van der Waals surface area contributed by atoms with Crippen molar-refractivity contribution in [2.45, 2.75) is 19.8 Å². The second-order valence-corrected chi connectivity index (χ2v) is 4.37. The topological polar surface area (TPSA) is 67.0 Å². The zero-order valence-electron chi connectivity index (χ0n) is 9.25. The van der Waals surface area contributed by atoms with E-state index in [0.717, 1.165) is 32.6 Å². The van der Waals surface area contributed by atoms with Crippen molar-refractivity contribution in [2.24, 2.45) is 0 Å². The van der Waals surface area contributed by atoms with Crippen LogP contribution in [-0.2, 0) is 4.74 Å². The molecule has 2 N–H and O–H groups in total. The zero-order chi connectivity index (χ0) is 11.8. The van der Waals surface area contributed by atoms with Gasteiger partial charge in [0.25, 0.3) is 5.56 Å². The lowest BCUT2D eigenvalue weighted by atomic mass is 10.4. The lowest BCUT2D eigenvalue weighted by Gasteiger charge is -2.06. The van der Waals surface area contributed by atoms with E-state index in [1.54, 1.807) is 0 Å². The quantitative estimate of drug-likeness (QED) is 0.586. The zero-order valence-corrected chi connectivity index (χ0v) is 11.4. The average molecular weight is 337 g/mol. The van der Waals surface area contributed by atoms with Gasteiger partial charge in [-0.15, -0.1) is 0 Å². The molecule has 1 aromatic heterocycles. The van der Waals surface area contributed by atoms with Crippen molar-refractivity contribution in [3.63, 3.8) is 0 Å². The molecule has 1 heterocycles. The van der Waals surface area contributed by atoms with Gasteiger partial charge >= 0.3 is 0 Å². The summed E-state index contributed by atoms with van der Waals surface area (Å²) in [7, 11) is 0. The van der Waals surface area contributed by atoms with Crippen molar-refractivity contribution in [1.82, 2.24) is 9.97 Å². The van der Waals surface area contributed by atoms with Crippen LogP contribution in [-0.4, -0.2) is 29.7 Å². The molecular weight excluding hydrogens is 321 g/mol. The second-order valence-electron chi connectivity index (χ2n) is 3.29. The van der Waals surface area contributed by atoms with Crippen LogP contribution < -0.4 is 10.9 Å². The Hall–Kier alpha value is -0.630. The molecule has 16 heavy (non-hydrogen) atoms. The van der Waals surface area contributed by atoms with Gasteiger partial charge in [0.1, 0.15) is 9.39 Å². The molecule has 0 aliphatic rings. The third-order valence-corrected chi connectivity index (χ3v) is 2.90. The molecule has 0 radical (unpaired) electrons. The summed E-state index contributed by atoms with van der Waals surface area (Å²) in [5.74, 6) is 0.639. The van der Waals surface area contributed by atoms with Crippen LogP contribution in [0.4, 0.5) is 5.82 Å². The van der Waals surface area contributed by atoms with Gasteiger partial charge in [0.2, 0.25) is 0 Å². The summed E-state index contributed by atoms with van der Waals surface area (Å²) in [5.41, 5.74) is -0.111. The monoisotopic (exact) mass is 337 g/mol. The smallest absolute Gasteiger partial charge is 0.266 e. The number of nitrogens with zero attached hydrogens (tertiary/aromatic N) is 1. The molecule has 0 aliphatic carbocycles. The summed E-state index contributed by atoms with van der Waals surface area (Å²) >= 11 is 1.98. The minimum absolute atomic E-state index is 0.111.